The van der Waals surface area contributed by atoms with Crippen molar-refractivity contribution in [2.75, 3.05) is 13.1 Å². The van der Waals surface area contributed by atoms with Crippen molar-refractivity contribution in [1.29, 1.82) is 0 Å². The number of hydrogen-bond donors (Lipinski definition) is 3. The molecule has 25 heavy (non-hydrogen) atoms. The van der Waals surface area contributed by atoms with Crippen LogP contribution in [0.2, 0.25) is 0 Å². The topological polar surface area (TPSA) is 130 Å². The molecule has 138 valence electrons. The molecule has 4 N–H and O–H groups in total. The van der Waals surface area contributed by atoms with Gasteiger partial charge in [0.2, 0.25) is 10.0 Å². The minimum Gasteiger partial charge on any atom is -0.480 e. The molecule has 1 aliphatic carbocycles. The Morgan fingerprint density at radius 1 is 1.36 bits per heavy atom. The second-order valence-electron chi connectivity index (χ2n) is 6.26. The van der Waals surface area contributed by atoms with Crippen LogP contribution in [0.15, 0.2) is 24.3 Å². The number of carbonyl (C=O) groups is 2. The van der Waals surface area contributed by atoms with Gasteiger partial charge in [-0.25, -0.2) is 13.6 Å². The summed E-state index contributed by atoms with van der Waals surface area (Å²) in [5.41, 5.74) is 0.836. The Morgan fingerprint density at radius 2 is 2.04 bits per heavy atom. The lowest BCUT2D eigenvalue weighted by Gasteiger charge is -2.42. The predicted molar refractivity (Wildman–Crippen MR) is 92.4 cm³/mol. The van der Waals surface area contributed by atoms with E-state index >= 15 is 0 Å². The van der Waals surface area contributed by atoms with Gasteiger partial charge in [-0.1, -0.05) is 19.1 Å². The summed E-state index contributed by atoms with van der Waals surface area (Å²) in [6, 6.07) is 6.48. The van der Waals surface area contributed by atoms with Crippen molar-refractivity contribution in [3.8, 4) is 0 Å². The zero-order valence-electron chi connectivity index (χ0n) is 14.0. The molecule has 0 aromatic heterocycles. The van der Waals surface area contributed by atoms with Crippen molar-refractivity contribution in [3.05, 3.63) is 35.4 Å². The lowest BCUT2D eigenvalue weighted by molar-refractivity contribution is -0.139. The molecule has 1 saturated carbocycles. The molecule has 0 aliphatic heterocycles. The number of nitrogens with one attached hydrogen (secondary N) is 1. The maximum Gasteiger partial charge on any atom is 0.317 e. The van der Waals surface area contributed by atoms with Crippen molar-refractivity contribution in [3.63, 3.8) is 0 Å². The third-order valence-electron chi connectivity index (χ3n) is 4.27. The van der Waals surface area contributed by atoms with E-state index in [-0.39, 0.29) is 30.3 Å². The van der Waals surface area contributed by atoms with Gasteiger partial charge in [0.25, 0.3) is 5.91 Å². The highest BCUT2D eigenvalue weighted by Gasteiger charge is 2.34. The molecule has 0 bridgehead atoms. The molecular formula is C16H23N3O5S. The first-order valence-corrected chi connectivity index (χ1v) is 9.75. The van der Waals surface area contributed by atoms with Gasteiger partial charge in [-0.3, -0.25) is 14.5 Å². The van der Waals surface area contributed by atoms with E-state index in [0.717, 1.165) is 0 Å². The Balaban J connectivity index is 1.89. The molecule has 1 aromatic rings. The van der Waals surface area contributed by atoms with Gasteiger partial charge in [-0.15, -0.1) is 0 Å². The van der Waals surface area contributed by atoms with E-state index in [1.54, 1.807) is 18.2 Å². The third-order valence-corrected chi connectivity index (χ3v) is 5.00. The van der Waals surface area contributed by atoms with Crippen molar-refractivity contribution in [2.24, 2.45) is 5.14 Å². The van der Waals surface area contributed by atoms with E-state index in [4.69, 9.17) is 10.2 Å². The monoisotopic (exact) mass is 369 g/mol. The fourth-order valence-electron chi connectivity index (χ4n) is 2.98. The summed E-state index contributed by atoms with van der Waals surface area (Å²) in [4.78, 5) is 25.0. The average molecular weight is 369 g/mol. The molecule has 1 fully saturated rings. The predicted octanol–water partition coefficient (Wildman–Crippen LogP) is 0.142. The first kappa shape index (κ1) is 19.4. The Hall–Kier alpha value is -1.97. The Morgan fingerprint density at radius 3 is 2.60 bits per heavy atom. The quantitative estimate of drug-likeness (QED) is 0.598. The molecule has 1 aliphatic rings. The number of benzene rings is 1. The number of carboxylic acids is 1. The van der Waals surface area contributed by atoms with E-state index in [9.17, 15) is 18.0 Å². The van der Waals surface area contributed by atoms with Gasteiger partial charge in [0, 0.05) is 17.6 Å². The lowest BCUT2D eigenvalue weighted by Crippen LogP contribution is -2.54. The zero-order valence-corrected chi connectivity index (χ0v) is 14.8. The van der Waals surface area contributed by atoms with Crippen molar-refractivity contribution < 1.29 is 23.1 Å². The van der Waals surface area contributed by atoms with E-state index in [0.29, 0.717) is 30.5 Å². The van der Waals surface area contributed by atoms with Gasteiger partial charge in [0.05, 0.1) is 12.3 Å². The number of aliphatic carboxylic acids is 1. The van der Waals surface area contributed by atoms with Crippen LogP contribution in [0.3, 0.4) is 0 Å². The van der Waals surface area contributed by atoms with Crippen LogP contribution in [0.1, 0.15) is 35.7 Å². The van der Waals surface area contributed by atoms with Crippen LogP contribution >= 0.6 is 0 Å². The number of likely N-dealkylation sites (N-methyl/N-ethyl adjacent to an activating group) is 1. The van der Waals surface area contributed by atoms with Crippen LogP contribution in [0.25, 0.3) is 0 Å². The zero-order chi connectivity index (χ0) is 18.6. The normalized spacial score (nSPS) is 20.1. The Labute approximate surface area is 147 Å². The van der Waals surface area contributed by atoms with Crippen LogP contribution in [0, 0.1) is 0 Å². The molecule has 0 atom stereocenters. The van der Waals surface area contributed by atoms with Gasteiger partial charge in [-0.2, -0.15) is 0 Å². The number of carboxylic acid groups (broad SMARTS) is 1. The maximum absolute atomic E-state index is 12.3. The molecular weight excluding hydrogens is 346 g/mol. The Kier molecular flexibility index (Phi) is 6.15. The van der Waals surface area contributed by atoms with Crippen molar-refractivity contribution in [1.82, 2.24) is 10.2 Å². The summed E-state index contributed by atoms with van der Waals surface area (Å²) in [5.74, 6) is -1.46. The summed E-state index contributed by atoms with van der Waals surface area (Å²) in [6.07, 6.45) is 1.40. The van der Waals surface area contributed by atoms with Crippen LogP contribution in [0.4, 0.5) is 0 Å². The molecule has 1 aromatic carbocycles. The minimum atomic E-state index is -3.65. The van der Waals surface area contributed by atoms with Crippen LogP contribution in [-0.4, -0.2) is 55.5 Å². The van der Waals surface area contributed by atoms with E-state index < -0.39 is 16.0 Å². The highest BCUT2D eigenvalue weighted by molar-refractivity contribution is 7.88. The number of nitrogens with two attached hydrogens (primary N) is 1. The maximum atomic E-state index is 12.3. The lowest BCUT2D eigenvalue weighted by atomic mass is 9.85. The first-order valence-electron chi connectivity index (χ1n) is 8.04. The van der Waals surface area contributed by atoms with Crippen LogP contribution < -0.4 is 10.5 Å². The minimum absolute atomic E-state index is 0.00254. The van der Waals surface area contributed by atoms with Gasteiger partial charge in [0.1, 0.15) is 0 Å². The number of sulfonamides is 1. The fourth-order valence-corrected chi connectivity index (χ4v) is 3.62. The molecule has 0 unspecified atom stereocenters. The highest BCUT2D eigenvalue weighted by atomic mass is 32.2. The molecule has 2 rings (SSSR count). The molecule has 0 radical (unpaired) electrons. The average Bonchev–Trinajstić information content (AvgIpc) is 2.46. The summed E-state index contributed by atoms with van der Waals surface area (Å²) < 4.78 is 22.3. The standard InChI is InChI=1S/C16H23N3O5S/c1-2-19(9-15(20)21)14-7-13(8-14)18-16(22)12-5-3-4-11(6-12)10-25(17,23)24/h3-6,13-14H,2,7-10H2,1H3,(H,18,22)(H,20,21)(H2,17,23,24). The molecule has 8 nitrogen and oxygen atoms in total. The van der Waals surface area contributed by atoms with Gasteiger partial charge in [-0.05, 0) is 37.1 Å². The number of amides is 1. The summed E-state index contributed by atoms with van der Waals surface area (Å²) >= 11 is 0. The second kappa shape index (κ2) is 7.94. The number of primary sulfonamides is 1. The summed E-state index contributed by atoms with van der Waals surface area (Å²) in [5, 5.41) is 16.8. The summed E-state index contributed by atoms with van der Waals surface area (Å²) in [6.45, 7) is 2.55. The smallest absolute Gasteiger partial charge is 0.317 e. The van der Waals surface area contributed by atoms with E-state index in [1.807, 2.05) is 11.8 Å². The highest BCUT2D eigenvalue weighted by Crippen LogP contribution is 2.26. The van der Waals surface area contributed by atoms with Gasteiger partial charge in [0.15, 0.2) is 0 Å². The number of nitrogens with zero attached hydrogens (tertiary/aromatic N) is 1. The van der Waals surface area contributed by atoms with Crippen molar-refractivity contribution in [2.45, 2.75) is 37.6 Å². The Bertz CT molecular complexity index is 744. The molecule has 1 amide bonds. The molecule has 9 heteroatoms. The van der Waals surface area contributed by atoms with Crippen LogP contribution in [0.5, 0.6) is 0 Å². The number of hydrogen-bond acceptors (Lipinski definition) is 5. The van der Waals surface area contributed by atoms with E-state index in [2.05, 4.69) is 5.32 Å². The molecule has 0 saturated heterocycles. The summed E-state index contributed by atoms with van der Waals surface area (Å²) in [7, 11) is -3.65. The number of carbonyl (C=O) groups excluding carboxylic acids is 1. The van der Waals surface area contributed by atoms with Gasteiger partial charge < -0.3 is 10.4 Å². The van der Waals surface area contributed by atoms with Crippen LogP contribution in [-0.2, 0) is 20.6 Å². The first-order chi connectivity index (χ1) is 11.7. The third kappa shape index (κ3) is 5.80. The SMILES string of the molecule is CCN(CC(=O)O)C1CC(NC(=O)c2cccc(CS(N)(=O)=O)c2)C1. The molecule has 0 heterocycles. The largest absolute Gasteiger partial charge is 0.480 e. The van der Waals surface area contributed by atoms with Crippen molar-refractivity contribution >= 4 is 21.9 Å². The number of rotatable bonds is 8. The van der Waals surface area contributed by atoms with E-state index in [1.165, 1.54) is 6.07 Å². The van der Waals surface area contributed by atoms with Gasteiger partial charge >= 0.3 is 5.97 Å². The second-order valence-corrected chi connectivity index (χ2v) is 7.87. The fraction of sp³-hybridized carbons (Fsp3) is 0.500. The molecule has 0 spiro atoms.